The van der Waals surface area contributed by atoms with E-state index in [2.05, 4.69) is 20.8 Å². The van der Waals surface area contributed by atoms with Crippen molar-refractivity contribution >= 4 is 5.91 Å². The monoisotopic (exact) mass is 296 g/mol. The molecule has 3 unspecified atom stereocenters. The van der Waals surface area contributed by atoms with Crippen molar-refractivity contribution in [3.8, 4) is 0 Å². The topological polar surface area (TPSA) is 66.6 Å². The molecule has 0 heterocycles. The fourth-order valence-corrected chi connectivity index (χ4v) is 4.27. The number of hydrogen-bond donors (Lipinski definition) is 2. The first-order valence-corrected chi connectivity index (χ1v) is 8.40. The summed E-state index contributed by atoms with van der Waals surface area (Å²) in [6, 6.07) is 0.188. The van der Waals surface area contributed by atoms with Gasteiger partial charge in [-0.15, -0.1) is 0 Å². The molecule has 2 aliphatic rings. The average molecular weight is 296 g/mol. The van der Waals surface area contributed by atoms with Crippen LogP contribution in [0.5, 0.6) is 0 Å². The van der Waals surface area contributed by atoms with Gasteiger partial charge >= 0.3 is 0 Å². The zero-order chi connectivity index (χ0) is 15.8. The van der Waals surface area contributed by atoms with Crippen LogP contribution >= 0.6 is 0 Å². The summed E-state index contributed by atoms with van der Waals surface area (Å²) in [5, 5.41) is 10.5. The third-order valence-electron chi connectivity index (χ3n) is 6.24. The molecule has 3 N–H and O–H groups in total. The van der Waals surface area contributed by atoms with Crippen LogP contribution in [0.25, 0.3) is 0 Å². The van der Waals surface area contributed by atoms with Crippen LogP contribution in [-0.4, -0.2) is 41.1 Å². The van der Waals surface area contributed by atoms with E-state index in [0.29, 0.717) is 12.5 Å². The Morgan fingerprint density at radius 1 is 1.29 bits per heavy atom. The Kier molecular flexibility index (Phi) is 4.69. The minimum Gasteiger partial charge on any atom is -0.388 e. The average Bonchev–Trinajstić information content (AvgIpc) is 2.82. The number of carbonyl (C=O) groups excluding carboxylic acids is 1. The van der Waals surface area contributed by atoms with Gasteiger partial charge in [0.2, 0.25) is 5.91 Å². The highest BCUT2D eigenvalue weighted by Gasteiger charge is 2.46. The lowest BCUT2D eigenvalue weighted by molar-refractivity contribution is -0.145. The molecule has 2 aliphatic carbocycles. The predicted molar refractivity (Wildman–Crippen MR) is 84.7 cm³/mol. The largest absolute Gasteiger partial charge is 0.388 e. The molecule has 2 fully saturated rings. The van der Waals surface area contributed by atoms with E-state index in [1.54, 1.807) is 4.90 Å². The molecule has 0 radical (unpaired) electrons. The van der Waals surface area contributed by atoms with E-state index in [-0.39, 0.29) is 23.3 Å². The smallest absolute Gasteiger partial charge is 0.226 e. The maximum Gasteiger partial charge on any atom is 0.226 e. The lowest BCUT2D eigenvalue weighted by Crippen LogP contribution is -2.53. The third kappa shape index (κ3) is 3.26. The van der Waals surface area contributed by atoms with E-state index >= 15 is 0 Å². The molecule has 0 aromatic heterocycles. The molecule has 0 saturated heterocycles. The fourth-order valence-electron chi connectivity index (χ4n) is 4.27. The second-order valence-corrected chi connectivity index (χ2v) is 8.03. The summed E-state index contributed by atoms with van der Waals surface area (Å²) in [5.74, 6) is 0.532. The van der Waals surface area contributed by atoms with Crippen molar-refractivity contribution in [2.45, 2.75) is 70.9 Å². The van der Waals surface area contributed by atoms with E-state index < -0.39 is 5.60 Å². The van der Waals surface area contributed by atoms with Crippen LogP contribution in [0, 0.1) is 17.3 Å². The van der Waals surface area contributed by atoms with Gasteiger partial charge in [0.05, 0.1) is 5.60 Å². The van der Waals surface area contributed by atoms with Crippen molar-refractivity contribution in [1.82, 2.24) is 4.90 Å². The van der Waals surface area contributed by atoms with Crippen molar-refractivity contribution in [3.63, 3.8) is 0 Å². The molecule has 21 heavy (non-hydrogen) atoms. The molecule has 2 saturated carbocycles. The molecule has 1 amide bonds. The summed E-state index contributed by atoms with van der Waals surface area (Å²) >= 11 is 0. The Morgan fingerprint density at radius 2 is 1.86 bits per heavy atom. The van der Waals surface area contributed by atoms with Gasteiger partial charge in [0, 0.05) is 25.6 Å². The lowest BCUT2D eigenvalue weighted by Gasteiger charge is -2.47. The highest BCUT2D eigenvalue weighted by atomic mass is 16.3. The van der Waals surface area contributed by atoms with E-state index in [1.807, 2.05) is 7.05 Å². The van der Waals surface area contributed by atoms with E-state index in [9.17, 15) is 9.90 Å². The lowest BCUT2D eigenvalue weighted by atomic mass is 9.60. The first-order valence-electron chi connectivity index (χ1n) is 8.40. The normalized spacial score (nSPS) is 34.7. The molecule has 0 spiro atoms. The maximum atomic E-state index is 12.9. The van der Waals surface area contributed by atoms with Crippen molar-refractivity contribution in [2.75, 3.05) is 13.6 Å². The standard InChI is InChI=1S/C17H32N2O2/c1-12-14(18)8-7-13(16(12,2)3)15(20)19(4)11-17(21)9-5-6-10-17/h12-14,21H,5-11,18H2,1-4H3. The molecule has 4 heteroatoms. The van der Waals surface area contributed by atoms with Gasteiger partial charge in [-0.05, 0) is 37.0 Å². The molecule has 3 atom stereocenters. The van der Waals surface area contributed by atoms with Crippen LogP contribution in [0.15, 0.2) is 0 Å². The van der Waals surface area contributed by atoms with Crippen molar-refractivity contribution in [3.05, 3.63) is 0 Å². The fraction of sp³-hybridized carbons (Fsp3) is 0.941. The zero-order valence-electron chi connectivity index (χ0n) is 14.1. The van der Waals surface area contributed by atoms with E-state index in [4.69, 9.17) is 5.73 Å². The summed E-state index contributed by atoms with van der Waals surface area (Å²) in [4.78, 5) is 14.6. The first-order chi connectivity index (χ1) is 9.67. The molecule has 0 aliphatic heterocycles. The number of carbonyl (C=O) groups is 1. The van der Waals surface area contributed by atoms with Gasteiger partial charge in [0.1, 0.15) is 0 Å². The van der Waals surface area contributed by atoms with Crippen LogP contribution < -0.4 is 5.73 Å². The Hall–Kier alpha value is -0.610. The molecule has 0 aromatic rings. The third-order valence-corrected chi connectivity index (χ3v) is 6.24. The van der Waals surface area contributed by atoms with Gasteiger partial charge in [0.15, 0.2) is 0 Å². The number of nitrogens with two attached hydrogens (primary N) is 1. The highest BCUT2D eigenvalue weighted by molar-refractivity contribution is 5.79. The van der Waals surface area contributed by atoms with Gasteiger partial charge in [-0.2, -0.15) is 0 Å². The van der Waals surface area contributed by atoms with Crippen LogP contribution in [0.4, 0.5) is 0 Å². The number of nitrogens with zero attached hydrogens (tertiary/aromatic N) is 1. The number of likely N-dealkylation sites (N-methyl/N-ethyl adjacent to an activating group) is 1. The molecular formula is C17H32N2O2. The first kappa shape index (κ1) is 16.8. The molecule has 0 bridgehead atoms. The van der Waals surface area contributed by atoms with Crippen molar-refractivity contribution < 1.29 is 9.90 Å². The second-order valence-electron chi connectivity index (χ2n) is 8.03. The summed E-state index contributed by atoms with van der Waals surface area (Å²) in [7, 11) is 1.84. The van der Waals surface area contributed by atoms with Gasteiger partial charge in [-0.3, -0.25) is 4.79 Å². The quantitative estimate of drug-likeness (QED) is 0.838. The van der Waals surface area contributed by atoms with Gasteiger partial charge in [-0.25, -0.2) is 0 Å². The maximum absolute atomic E-state index is 12.9. The number of amides is 1. The predicted octanol–water partition coefficient (Wildman–Crippen LogP) is 2.15. The Labute approximate surface area is 129 Å². The summed E-state index contributed by atoms with van der Waals surface area (Å²) < 4.78 is 0. The van der Waals surface area contributed by atoms with Crippen molar-refractivity contribution in [1.29, 1.82) is 0 Å². The number of rotatable bonds is 3. The Balaban J connectivity index is 2.04. The minimum atomic E-state index is -0.661. The summed E-state index contributed by atoms with van der Waals surface area (Å²) in [5.41, 5.74) is 5.44. The van der Waals surface area contributed by atoms with E-state index in [0.717, 1.165) is 38.5 Å². The molecule has 122 valence electrons. The molecule has 4 nitrogen and oxygen atoms in total. The van der Waals surface area contributed by atoms with E-state index in [1.165, 1.54) is 0 Å². The Bertz CT molecular complexity index is 388. The van der Waals surface area contributed by atoms with Crippen LogP contribution in [0.3, 0.4) is 0 Å². The van der Waals surface area contributed by atoms with Gasteiger partial charge < -0.3 is 15.7 Å². The molecular weight excluding hydrogens is 264 g/mol. The highest BCUT2D eigenvalue weighted by Crippen LogP contribution is 2.45. The van der Waals surface area contributed by atoms with Gasteiger partial charge in [0.25, 0.3) is 0 Å². The molecule has 0 aromatic carbocycles. The second kappa shape index (κ2) is 5.88. The summed E-state index contributed by atoms with van der Waals surface area (Å²) in [6.07, 6.45) is 5.55. The van der Waals surface area contributed by atoms with Crippen molar-refractivity contribution in [2.24, 2.45) is 23.0 Å². The minimum absolute atomic E-state index is 0.0160. The van der Waals surface area contributed by atoms with Crippen LogP contribution in [-0.2, 0) is 4.79 Å². The number of hydrogen-bond acceptors (Lipinski definition) is 3. The van der Waals surface area contributed by atoms with Crippen LogP contribution in [0.1, 0.15) is 59.3 Å². The van der Waals surface area contributed by atoms with Gasteiger partial charge in [-0.1, -0.05) is 33.6 Å². The Morgan fingerprint density at radius 3 is 2.43 bits per heavy atom. The zero-order valence-corrected chi connectivity index (χ0v) is 14.1. The van der Waals surface area contributed by atoms with Crippen LogP contribution in [0.2, 0.25) is 0 Å². The SMILES string of the molecule is CC1C(N)CCC(C(=O)N(C)CC2(O)CCCC2)C1(C)C. The number of aliphatic hydroxyl groups is 1. The molecule has 2 rings (SSSR count). The summed E-state index contributed by atoms with van der Waals surface area (Å²) in [6.45, 7) is 6.96.